The average molecular weight is 321 g/mol. The number of hydrogen-bond acceptors (Lipinski definition) is 3. The van der Waals surface area contributed by atoms with Gasteiger partial charge < -0.3 is 16.2 Å². The molecule has 1 rings (SSSR count). The lowest BCUT2D eigenvalue weighted by atomic mass is 10.1. The predicted molar refractivity (Wildman–Crippen MR) is 99.8 cm³/mol. The predicted octanol–water partition coefficient (Wildman–Crippen LogP) is 4.94. The lowest BCUT2D eigenvalue weighted by Crippen LogP contribution is -2.20. The second kappa shape index (κ2) is 13.4. The zero-order chi connectivity index (χ0) is 16.8. The molecule has 1 unspecified atom stereocenters. The van der Waals surface area contributed by atoms with Gasteiger partial charge in [0.15, 0.2) is 0 Å². The molecule has 3 heteroatoms. The zero-order valence-electron chi connectivity index (χ0n) is 14.9. The van der Waals surface area contributed by atoms with E-state index in [9.17, 15) is 0 Å². The van der Waals surface area contributed by atoms with Crippen molar-refractivity contribution in [3.63, 3.8) is 0 Å². The van der Waals surface area contributed by atoms with Crippen LogP contribution in [0, 0.1) is 0 Å². The molecule has 0 aliphatic rings. The first-order valence-corrected chi connectivity index (χ1v) is 9.46. The van der Waals surface area contributed by atoms with Gasteiger partial charge >= 0.3 is 0 Å². The Morgan fingerprint density at radius 3 is 1.87 bits per heavy atom. The van der Waals surface area contributed by atoms with Crippen molar-refractivity contribution in [2.75, 3.05) is 13.2 Å². The first-order valence-electron chi connectivity index (χ1n) is 9.46. The molecule has 1 atom stereocenters. The van der Waals surface area contributed by atoms with E-state index in [-0.39, 0.29) is 6.04 Å². The summed E-state index contributed by atoms with van der Waals surface area (Å²) in [6, 6.07) is 7.91. The Kier molecular flexibility index (Phi) is 11.6. The summed E-state index contributed by atoms with van der Waals surface area (Å²) in [5.74, 6) is 0.925. The number of hydrogen-bond donors (Lipinski definition) is 2. The number of benzene rings is 1. The quantitative estimate of drug-likeness (QED) is 0.477. The summed E-state index contributed by atoms with van der Waals surface area (Å²) in [5, 5.41) is 0. The molecule has 0 heterocycles. The largest absolute Gasteiger partial charge is 0.494 e. The molecule has 0 fully saturated rings. The summed E-state index contributed by atoms with van der Waals surface area (Å²) >= 11 is 0. The van der Waals surface area contributed by atoms with Crippen LogP contribution < -0.4 is 16.2 Å². The second-order valence-corrected chi connectivity index (χ2v) is 6.44. The van der Waals surface area contributed by atoms with Crippen molar-refractivity contribution in [1.29, 1.82) is 0 Å². The normalized spacial score (nSPS) is 12.3. The van der Waals surface area contributed by atoms with E-state index >= 15 is 0 Å². The highest BCUT2D eigenvalue weighted by Crippen LogP contribution is 2.16. The van der Waals surface area contributed by atoms with Gasteiger partial charge in [-0.15, -0.1) is 0 Å². The van der Waals surface area contributed by atoms with E-state index in [2.05, 4.69) is 6.92 Å². The van der Waals surface area contributed by atoms with E-state index in [0.717, 1.165) is 24.3 Å². The molecular formula is C20H36N2O. The second-order valence-electron chi connectivity index (χ2n) is 6.44. The van der Waals surface area contributed by atoms with Crippen LogP contribution in [-0.2, 0) is 0 Å². The van der Waals surface area contributed by atoms with Crippen LogP contribution in [0.5, 0.6) is 5.75 Å². The molecule has 0 aromatic heterocycles. The van der Waals surface area contributed by atoms with Gasteiger partial charge in [-0.1, -0.05) is 76.8 Å². The molecule has 0 aliphatic carbocycles. The minimum Gasteiger partial charge on any atom is -0.494 e. The maximum Gasteiger partial charge on any atom is 0.119 e. The van der Waals surface area contributed by atoms with Gasteiger partial charge in [0.1, 0.15) is 5.75 Å². The van der Waals surface area contributed by atoms with Gasteiger partial charge in [0.05, 0.1) is 6.61 Å². The summed E-state index contributed by atoms with van der Waals surface area (Å²) in [4.78, 5) is 0. The zero-order valence-corrected chi connectivity index (χ0v) is 14.9. The summed E-state index contributed by atoms with van der Waals surface area (Å²) in [5.41, 5.74) is 12.5. The third-order valence-corrected chi connectivity index (χ3v) is 4.33. The van der Waals surface area contributed by atoms with Crippen LogP contribution in [0.25, 0.3) is 0 Å². The molecule has 0 spiro atoms. The first-order chi connectivity index (χ1) is 11.3. The minimum absolute atomic E-state index is 0.0778. The number of rotatable bonds is 14. The van der Waals surface area contributed by atoms with Crippen LogP contribution in [0.3, 0.4) is 0 Å². The van der Waals surface area contributed by atoms with E-state index in [0.29, 0.717) is 6.54 Å². The maximum atomic E-state index is 5.89. The molecule has 0 saturated carbocycles. The Bertz CT molecular complexity index is 378. The van der Waals surface area contributed by atoms with Crippen molar-refractivity contribution in [3.8, 4) is 5.75 Å². The molecule has 3 nitrogen and oxygen atoms in total. The summed E-state index contributed by atoms with van der Waals surface area (Å²) < 4.78 is 5.77. The Labute approximate surface area is 142 Å². The van der Waals surface area contributed by atoms with Crippen molar-refractivity contribution < 1.29 is 4.74 Å². The molecule has 0 aliphatic heterocycles. The number of ether oxygens (including phenoxy) is 1. The van der Waals surface area contributed by atoms with Gasteiger partial charge in [-0.05, 0) is 24.1 Å². The van der Waals surface area contributed by atoms with Gasteiger partial charge in [-0.2, -0.15) is 0 Å². The van der Waals surface area contributed by atoms with Gasteiger partial charge in [-0.25, -0.2) is 0 Å². The minimum atomic E-state index is -0.0778. The molecule has 0 radical (unpaired) electrons. The Morgan fingerprint density at radius 1 is 0.826 bits per heavy atom. The Hall–Kier alpha value is -1.06. The van der Waals surface area contributed by atoms with E-state index < -0.39 is 0 Å². The topological polar surface area (TPSA) is 61.3 Å². The van der Waals surface area contributed by atoms with E-state index in [1.807, 2.05) is 24.3 Å². The van der Waals surface area contributed by atoms with Crippen molar-refractivity contribution >= 4 is 0 Å². The monoisotopic (exact) mass is 320 g/mol. The molecule has 132 valence electrons. The smallest absolute Gasteiger partial charge is 0.119 e. The fourth-order valence-corrected chi connectivity index (χ4v) is 2.73. The standard InChI is InChI=1S/C20H36N2O/c1-2-3-4-5-6-7-8-9-10-11-16-23-19-14-12-18(13-15-19)20(22)17-21/h12-15,20H,2-11,16-17,21-22H2,1H3. The van der Waals surface area contributed by atoms with Crippen molar-refractivity contribution in [2.45, 2.75) is 77.2 Å². The molecule has 0 saturated heterocycles. The molecular weight excluding hydrogens is 284 g/mol. The molecule has 0 amide bonds. The van der Waals surface area contributed by atoms with Gasteiger partial charge in [0.2, 0.25) is 0 Å². The Morgan fingerprint density at radius 2 is 1.35 bits per heavy atom. The van der Waals surface area contributed by atoms with Crippen LogP contribution in [0.2, 0.25) is 0 Å². The van der Waals surface area contributed by atoms with E-state index in [1.54, 1.807) is 0 Å². The molecule has 1 aromatic carbocycles. The third kappa shape index (κ3) is 9.62. The Balaban J connectivity index is 1.96. The molecule has 0 bridgehead atoms. The third-order valence-electron chi connectivity index (χ3n) is 4.33. The van der Waals surface area contributed by atoms with Crippen molar-refractivity contribution in [3.05, 3.63) is 29.8 Å². The average Bonchev–Trinajstić information content (AvgIpc) is 2.59. The first kappa shape index (κ1) is 20.0. The fourth-order valence-electron chi connectivity index (χ4n) is 2.73. The fraction of sp³-hybridized carbons (Fsp3) is 0.700. The van der Waals surface area contributed by atoms with E-state index in [1.165, 1.54) is 57.8 Å². The summed E-state index contributed by atoms with van der Waals surface area (Å²) in [6.07, 6.45) is 13.5. The van der Waals surface area contributed by atoms with Gasteiger partial charge in [0.25, 0.3) is 0 Å². The highest BCUT2D eigenvalue weighted by atomic mass is 16.5. The molecule has 23 heavy (non-hydrogen) atoms. The highest BCUT2D eigenvalue weighted by molar-refractivity contribution is 5.29. The molecule has 1 aromatic rings. The van der Waals surface area contributed by atoms with E-state index in [4.69, 9.17) is 16.2 Å². The number of nitrogens with two attached hydrogens (primary N) is 2. The van der Waals surface area contributed by atoms with Gasteiger partial charge in [-0.3, -0.25) is 0 Å². The van der Waals surface area contributed by atoms with Crippen LogP contribution >= 0.6 is 0 Å². The summed E-state index contributed by atoms with van der Waals surface area (Å²) in [7, 11) is 0. The van der Waals surface area contributed by atoms with Crippen LogP contribution in [0.4, 0.5) is 0 Å². The van der Waals surface area contributed by atoms with Crippen LogP contribution in [0.1, 0.15) is 82.7 Å². The van der Waals surface area contributed by atoms with Crippen molar-refractivity contribution in [1.82, 2.24) is 0 Å². The van der Waals surface area contributed by atoms with Crippen LogP contribution in [-0.4, -0.2) is 13.2 Å². The lowest BCUT2D eigenvalue weighted by Gasteiger charge is -2.10. The lowest BCUT2D eigenvalue weighted by molar-refractivity contribution is 0.304. The van der Waals surface area contributed by atoms with Crippen molar-refractivity contribution in [2.24, 2.45) is 11.5 Å². The van der Waals surface area contributed by atoms with Gasteiger partial charge in [0, 0.05) is 12.6 Å². The summed E-state index contributed by atoms with van der Waals surface area (Å²) in [6.45, 7) is 3.54. The molecule has 4 N–H and O–H groups in total. The maximum absolute atomic E-state index is 5.89. The highest BCUT2D eigenvalue weighted by Gasteiger charge is 2.03. The SMILES string of the molecule is CCCCCCCCCCCCOc1ccc(C(N)CN)cc1. The number of unbranched alkanes of at least 4 members (excludes halogenated alkanes) is 9. The van der Waals surface area contributed by atoms with Crippen LogP contribution in [0.15, 0.2) is 24.3 Å².